The summed E-state index contributed by atoms with van der Waals surface area (Å²) in [6.45, 7) is 7.14. The Morgan fingerprint density at radius 2 is 2.12 bits per heavy atom. The van der Waals surface area contributed by atoms with E-state index in [1.165, 1.54) is 21.2 Å². The Balaban J connectivity index is 1.89. The quantitative estimate of drug-likeness (QED) is 0.809. The highest BCUT2D eigenvalue weighted by Gasteiger charge is 2.13. The zero-order chi connectivity index (χ0) is 11.7. The average Bonchev–Trinajstić information content (AvgIpc) is 2.75. The molecule has 1 aliphatic rings. The first-order valence-electron chi connectivity index (χ1n) is 6.10. The highest BCUT2D eigenvalue weighted by Crippen LogP contribution is 2.29. The van der Waals surface area contributed by atoms with E-state index in [-0.39, 0.29) is 0 Å². The summed E-state index contributed by atoms with van der Waals surface area (Å²) in [5.74, 6) is 0. The van der Waals surface area contributed by atoms with Crippen LogP contribution >= 0.6 is 11.3 Å². The fourth-order valence-electron chi connectivity index (χ4n) is 2.46. The van der Waals surface area contributed by atoms with E-state index in [0.29, 0.717) is 0 Å². The third-order valence-electron chi connectivity index (χ3n) is 3.38. The summed E-state index contributed by atoms with van der Waals surface area (Å²) >= 11 is 1.86. The maximum Gasteiger partial charge on any atom is 0.0594 e. The van der Waals surface area contributed by atoms with E-state index in [0.717, 1.165) is 32.8 Å². The molecule has 3 rings (SSSR count). The van der Waals surface area contributed by atoms with Gasteiger partial charge in [-0.05, 0) is 34.9 Å². The minimum Gasteiger partial charge on any atom is -0.379 e. The third-order valence-corrected chi connectivity index (χ3v) is 4.38. The van der Waals surface area contributed by atoms with Crippen molar-refractivity contribution in [3.05, 3.63) is 34.7 Å². The largest absolute Gasteiger partial charge is 0.379 e. The number of fused-ring (bicyclic) bond motifs is 1. The van der Waals surface area contributed by atoms with Crippen LogP contribution in [0.2, 0.25) is 0 Å². The van der Waals surface area contributed by atoms with Crippen LogP contribution in [0.4, 0.5) is 0 Å². The van der Waals surface area contributed by atoms with Gasteiger partial charge in [0.2, 0.25) is 0 Å². The van der Waals surface area contributed by atoms with Crippen molar-refractivity contribution < 1.29 is 4.74 Å². The number of benzene rings is 1. The Hall–Kier alpha value is -0.900. The van der Waals surface area contributed by atoms with Crippen LogP contribution in [-0.4, -0.2) is 31.2 Å². The van der Waals surface area contributed by atoms with E-state index >= 15 is 0 Å². The van der Waals surface area contributed by atoms with Crippen LogP contribution in [0, 0.1) is 6.92 Å². The molecule has 2 heterocycles. The standard InChI is InChI=1S/C14H17NOS/c1-11-3-2-4-13-14(11)12(10-17-13)9-15-5-7-16-8-6-15/h2-4,10H,5-9H2,1H3. The number of ether oxygens (including phenoxy) is 1. The number of hydrogen-bond donors (Lipinski definition) is 0. The van der Waals surface area contributed by atoms with Crippen molar-refractivity contribution in [2.24, 2.45) is 0 Å². The summed E-state index contributed by atoms with van der Waals surface area (Å²) < 4.78 is 6.80. The van der Waals surface area contributed by atoms with Crippen LogP contribution in [0.15, 0.2) is 23.6 Å². The summed E-state index contributed by atoms with van der Waals surface area (Å²) in [4.78, 5) is 2.48. The highest BCUT2D eigenvalue weighted by atomic mass is 32.1. The molecule has 0 atom stereocenters. The van der Waals surface area contributed by atoms with Crippen LogP contribution in [0.3, 0.4) is 0 Å². The van der Waals surface area contributed by atoms with Gasteiger partial charge in [0, 0.05) is 24.3 Å². The number of thiophene rings is 1. The molecule has 1 fully saturated rings. The van der Waals surface area contributed by atoms with E-state index < -0.39 is 0 Å². The van der Waals surface area contributed by atoms with Crippen LogP contribution in [0.25, 0.3) is 10.1 Å². The fourth-order valence-corrected chi connectivity index (χ4v) is 3.49. The molecule has 1 aromatic heterocycles. The lowest BCUT2D eigenvalue weighted by atomic mass is 10.1. The smallest absolute Gasteiger partial charge is 0.0594 e. The average molecular weight is 247 g/mol. The molecule has 1 aromatic carbocycles. The SMILES string of the molecule is Cc1cccc2scc(CN3CCOCC3)c12. The van der Waals surface area contributed by atoms with Crippen LogP contribution in [-0.2, 0) is 11.3 Å². The van der Waals surface area contributed by atoms with Crippen molar-refractivity contribution in [1.82, 2.24) is 4.90 Å². The van der Waals surface area contributed by atoms with Crippen molar-refractivity contribution in [2.45, 2.75) is 13.5 Å². The monoisotopic (exact) mass is 247 g/mol. The minimum atomic E-state index is 0.876. The molecule has 0 amide bonds. The molecule has 1 aliphatic heterocycles. The highest BCUT2D eigenvalue weighted by molar-refractivity contribution is 7.17. The summed E-state index contributed by atoms with van der Waals surface area (Å²) in [6, 6.07) is 6.57. The van der Waals surface area contributed by atoms with Gasteiger partial charge in [-0.1, -0.05) is 12.1 Å². The van der Waals surface area contributed by atoms with Crippen molar-refractivity contribution in [3.63, 3.8) is 0 Å². The van der Waals surface area contributed by atoms with Crippen molar-refractivity contribution in [1.29, 1.82) is 0 Å². The van der Waals surface area contributed by atoms with Gasteiger partial charge in [-0.2, -0.15) is 0 Å². The molecule has 0 unspecified atom stereocenters. The summed E-state index contributed by atoms with van der Waals surface area (Å²) in [7, 11) is 0. The number of morpholine rings is 1. The predicted octanol–water partition coefficient (Wildman–Crippen LogP) is 3.04. The number of nitrogens with zero attached hydrogens (tertiary/aromatic N) is 1. The number of hydrogen-bond acceptors (Lipinski definition) is 3. The van der Waals surface area contributed by atoms with E-state index in [9.17, 15) is 0 Å². The first-order valence-corrected chi connectivity index (χ1v) is 6.98. The molecule has 90 valence electrons. The maximum absolute atomic E-state index is 5.39. The summed E-state index contributed by atoms with van der Waals surface area (Å²) in [6.07, 6.45) is 0. The Kier molecular flexibility index (Phi) is 3.14. The zero-order valence-corrected chi connectivity index (χ0v) is 10.9. The Morgan fingerprint density at radius 3 is 2.94 bits per heavy atom. The molecule has 0 bridgehead atoms. The molecule has 2 aromatic rings. The lowest BCUT2D eigenvalue weighted by Crippen LogP contribution is -2.35. The van der Waals surface area contributed by atoms with Gasteiger partial charge in [0.15, 0.2) is 0 Å². The van der Waals surface area contributed by atoms with Gasteiger partial charge in [-0.15, -0.1) is 11.3 Å². The fraction of sp³-hybridized carbons (Fsp3) is 0.429. The second-order valence-corrected chi connectivity index (χ2v) is 5.51. The molecule has 0 N–H and O–H groups in total. The molecule has 3 heteroatoms. The number of aryl methyl sites for hydroxylation is 1. The second kappa shape index (κ2) is 4.77. The van der Waals surface area contributed by atoms with E-state index in [2.05, 4.69) is 35.4 Å². The number of rotatable bonds is 2. The van der Waals surface area contributed by atoms with Crippen molar-refractivity contribution in [3.8, 4) is 0 Å². The van der Waals surface area contributed by atoms with Gasteiger partial charge >= 0.3 is 0 Å². The molecule has 17 heavy (non-hydrogen) atoms. The predicted molar refractivity (Wildman–Crippen MR) is 72.7 cm³/mol. The molecule has 1 saturated heterocycles. The van der Waals surface area contributed by atoms with E-state index in [1.54, 1.807) is 0 Å². The molecular weight excluding hydrogens is 230 g/mol. The van der Waals surface area contributed by atoms with Crippen molar-refractivity contribution in [2.75, 3.05) is 26.3 Å². The van der Waals surface area contributed by atoms with Crippen LogP contribution in [0.5, 0.6) is 0 Å². The molecule has 0 saturated carbocycles. The topological polar surface area (TPSA) is 12.5 Å². The first kappa shape index (κ1) is 11.2. The zero-order valence-electron chi connectivity index (χ0n) is 10.1. The van der Waals surface area contributed by atoms with Crippen LogP contribution in [0.1, 0.15) is 11.1 Å². The third kappa shape index (κ3) is 2.23. The van der Waals surface area contributed by atoms with Gasteiger partial charge in [0.25, 0.3) is 0 Å². The van der Waals surface area contributed by atoms with Gasteiger partial charge < -0.3 is 4.74 Å². The lowest BCUT2D eigenvalue weighted by molar-refractivity contribution is 0.0344. The maximum atomic E-state index is 5.39. The Bertz CT molecular complexity index is 514. The van der Waals surface area contributed by atoms with Gasteiger partial charge in [-0.3, -0.25) is 4.90 Å². The summed E-state index contributed by atoms with van der Waals surface area (Å²) in [5, 5.41) is 3.77. The van der Waals surface area contributed by atoms with E-state index in [1.807, 2.05) is 11.3 Å². The molecule has 0 radical (unpaired) electrons. The van der Waals surface area contributed by atoms with Gasteiger partial charge in [-0.25, -0.2) is 0 Å². The van der Waals surface area contributed by atoms with Crippen molar-refractivity contribution >= 4 is 21.4 Å². The minimum absolute atomic E-state index is 0.876. The molecule has 2 nitrogen and oxygen atoms in total. The second-order valence-electron chi connectivity index (χ2n) is 4.60. The summed E-state index contributed by atoms with van der Waals surface area (Å²) in [5.41, 5.74) is 2.87. The molecule has 0 aliphatic carbocycles. The first-order chi connectivity index (χ1) is 8.34. The lowest BCUT2D eigenvalue weighted by Gasteiger charge is -2.26. The van der Waals surface area contributed by atoms with E-state index in [4.69, 9.17) is 4.74 Å². The van der Waals surface area contributed by atoms with Gasteiger partial charge in [0.1, 0.15) is 0 Å². The molecule has 0 spiro atoms. The van der Waals surface area contributed by atoms with Crippen LogP contribution < -0.4 is 0 Å². The molecular formula is C14H17NOS. The Labute approximate surface area is 106 Å². The van der Waals surface area contributed by atoms with Gasteiger partial charge in [0.05, 0.1) is 13.2 Å². The normalized spacial score (nSPS) is 17.7. The Morgan fingerprint density at radius 1 is 1.29 bits per heavy atom.